The molecule has 6 heteroatoms. The van der Waals surface area contributed by atoms with E-state index in [4.69, 9.17) is 4.98 Å². The lowest BCUT2D eigenvalue weighted by molar-refractivity contribution is 0.154. The van der Waals surface area contributed by atoms with Crippen LogP contribution in [0.1, 0.15) is 17.5 Å². The number of aryl methyl sites for hydroxylation is 2. The van der Waals surface area contributed by atoms with Crippen molar-refractivity contribution in [2.75, 3.05) is 51.6 Å². The number of likely N-dealkylation sites (N-methyl/N-ethyl adjacent to an activating group) is 1. The SMILES string of the molecule is Cc1cc(C)c2nc(-c3ccc(NCCCN4CCN(C)CC4)nc3)[nH]c2c1. The number of piperazine rings is 1. The van der Waals surface area contributed by atoms with Crippen molar-refractivity contribution in [2.45, 2.75) is 20.3 Å². The lowest BCUT2D eigenvalue weighted by atomic mass is 10.1. The van der Waals surface area contributed by atoms with Crippen LogP contribution in [0, 0.1) is 13.8 Å². The Hall–Kier alpha value is -2.44. The van der Waals surface area contributed by atoms with Crippen molar-refractivity contribution in [2.24, 2.45) is 0 Å². The summed E-state index contributed by atoms with van der Waals surface area (Å²) in [5.74, 6) is 1.79. The van der Waals surface area contributed by atoms with Crippen LogP contribution in [0.2, 0.25) is 0 Å². The maximum atomic E-state index is 4.76. The van der Waals surface area contributed by atoms with Gasteiger partial charge < -0.3 is 20.1 Å². The number of H-pyrrole nitrogens is 1. The van der Waals surface area contributed by atoms with Crippen molar-refractivity contribution >= 4 is 16.9 Å². The van der Waals surface area contributed by atoms with Crippen molar-refractivity contribution in [1.29, 1.82) is 0 Å². The summed E-state index contributed by atoms with van der Waals surface area (Å²) < 4.78 is 0. The van der Waals surface area contributed by atoms with Crippen LogP contribution in [-0.4, -0.2) is 71.1 Å². The zero-order valence-electron chi connectivity index (χ0n) is 17.1. The Balaban J connectivity index is 1.32. The first-order valence-electron chi connectivity index (χ1n) is 10.2. The van der Waals surface area contributed by atoms with Gasteiger partial charge in [-0.15, -0.1) is 0 Å². The molecule has 6 nitrogen and oxygen atoms in total. The molecule has 148 valence electrons. The summed E-state index contributed by atoms with van der Waals surface area (Å²) >= 11 is 0. The van der Waals surface area contributed by atoms with Crippen LogP contribution in [0.25, 0.3) is 22.4 Å². The van der Waals surface area contributed by atoms with E-state index in [-0.39, 0.29) is 0 Å². The van der Waals surface area contributed by atoms with E-state index in [0.29, 0.717) is 0 Å². The number of fused-ring (bicyclic) bond motifs is 1. The first kappa shape index (κ1) is 18.9. The van der Waals surface area contributed by atoms with Gasteiger partial charge in [0.05, 0.1) is 11.0 Å². The monoisotopic (exact) mass is 378 g/mol. The molecule has 2 aromatic heterocycles. The smallest absolute Gasteiger partial charge is 0.140 e. The molecule has 0 amide bonds. The molecule has 1 aliphatic heterocycles. The fourth-order valence-corrected chi connectivity index (χ4v) is 3.84. The van der Waals surface area contributed by atoms with E-state index in [1.54, 1.807) is 0 Å². The van der Waals surface area contributed by atoms with E-state index in [9.17, 15) is 0 Å². The van der Waals surface area contributed by atoms with Crippen LogP contribution < -0.4 is 5.32 Å². The van der Waals surface area contributed by atoms with Gasteiger partial charge in [-0.05, 0) is 63.2 Å². The highest BCUT2D eigenvalue weighted by Gasteiger charge is 2.13. The van der Waals surface area contributed by atoms with Crippen LogP contribution in [0.4, 0.5) is 5.82 Å². The predicted octanol–water partition coefficient (Wildman–Crippen LogP) is 3.29. The minimum atomic E-state index is 0.873. The van der Waals surface area contributed by atoms with Crippen LogP contribution in [0.5, 0.6) is 0 Å². The van der Waals surface area contributed by atoms with Gasteiger partial charge in [-0.2, -0.15) is 0 Å². The molecule has 1 saturated heterocycles. The molecule has 0 spiro atoms. The Morgan fingerprint density at radius 1 is 1.11 bits per heavy atom. The fraction of sp³-hybridized carbons (Fsp3) is 0.455. The number of hydrogen-bond donors (Lipinski definition) is 2. The van der Waals surface area contributed by atoms with Crippen molar-refractivity contribution in [3.05, 3.63) is 41.6 Å². The fourth-order valence-electron chi connectivity index (χ4n) is 3.84. The molecule has 4 rings (SSSR count). The van der Waals surface area contributed by atoms with Crippen LogP contribution in [0.15, 0.2) is 30.5 Å². The molecule has 28 heavy (non-hydrogen) atoms. The van der Waals surface area contributed by atoms with Crippen LogP contribution in [-0.2, 0) is 0 Å². The Bertz CT molecular complexity index is 922. The van der Waals surface area contributed by atoms with Gasteiger partial charge in [0.1, 0.15) is 11.6 Å². The van der Waals surface area contributed by atoms with Crippen LogP contribution in [0.3, 0.4) is 0 Å². The molecule has 2 N–H and O–H groups in total. The van der Waals surface area contributed by atoms with Crippen molar-refractivity contribution in [3.63, 3.8) is 0 Å². The van der Waals surface area contributed by atoms with Crippen LogP contribution >= 0.6 is 0 Å². The number of nitrogens with one attached hydrogen (secondary N) is 2. The number of anilines is 1. The molecule has 0 radical (unpaired) electrons. The Kier molecular flexibility index (Phi) is 5.59. The van der Waals surface area contributed by atoms with Crippen molar-refractivity contribution in [1.82, 2.24) is 24.8 Å². The van der Waals surface area contributed by atoms with E-state index in [2.05, 4.69) is 64.2 Å². The molecule has 0 saturated carbocycles. The molecule has 3 heterocycles. The summed E-state index contributed by atoms with van der Waals surface area (Å²) in [6.07, 6.45) is 3.03. The lowest BCUT2D eigenvalue weighted by Gasteiger charge is -2.32. The summed E-state index contributed by atoms with van der Waals surface area (Å²) in [7, 11) is 2.20. The molecule has 0 unspecified atom stereocenters. The van der Waals surface area contributed by atoms with Gasteiger partial charge in [0.15, 0.2) is 0 Å². The summed E-state index contributed by atoms with van der Waals surface area (Å²) in [5, 5.41) is 3.44. The number of aromatic amines is 1. The van der Waals surface area contributed by atoms with Gasteiger partial charge in [0, 0.05) is 44.5 Å². The number of hydrogen-bond acceptors (Lipinski definition) is 5. The average molecular weight is 379 g/mol. The quantitative estimate of drug-likeness (QED) is 0.645. The second kappa shape index (κ2) is 8.29. The Morgan fingerprint density at radius 2 is 1.93 bits per heavy atom. The van der Waals surface area contributed by atoms with Gasteiger partial charge in [-0.3, -0.25) is 0 Å². The number of rotatable bonds is 6. The maximum absolute atomic E-state index is 4.76. The van der Waals surface area contributed by atoms with Gasteiger partial charge in [-0.1, -0.05) is 6.07 Å². The second-order valence-electron chi connectivity index (χ2n) is 7.92. The standard InChI is InChI=1S/C22H30N6/c1-16-13-17(2)21-19(14-16)25-22(26-21)18-5-6-20(24-15-18)23-7-4-8-28-11-9-27(3)10-12-28/h5-6,13-15H,4,7-12H2,1-3H3,(H,23,24)(H,25,26). The summed E-state index contributed by atoms with van der Waals surface area (Å²) in [5.41, 5.74) is 5.57. The van der Waals surface area contributed by atoms with E-state index >= 15 is 0 Å². The number of nitrogens with zero attached hydrogens (tertiary/aromatic N) is 4. The Morgan fingerprint density at radius 3 is 2.68 bits per heavy atom. The van der Waals surface area contributed by atoms with E-state index in [1.807, 2.05) is 12.3 Å². The van der Waals surface area contributed by atoms with E-state index in [1.165, 1.54) is 37.3 Å². The van der Waals surface area contributed by atoms with Crippen molar-refractivity contribution < 1.29 is 0 Å². The molecule has 0 atom stereocenters. The van der Waals surface area contributed by atoms with Crippen molar-refractivity contribution in [3.8, 4) is 11.4 Å². The first-order valence-corrected chi connectivity index (χ1v) is 10.2. The molecule has 1 aromatic carbocycles. The number of aromatic nitrogens is 3. The van der Waals surface area contributed by atoms with E-state index in [0.717, 1.165) is 47.7 Å². The third-order valence-electron chi connectivity index (χ3n) is 5.51. The third-order valence-corrected chi connectivity index (χ3v) is 5.51. The highest BCUT2D eigenvalue weighted by atomic mass is 15.2. The molecule has 1 fully saturated rings. The Labute approximate surface area is 167 Å². The summed E-state index contributed by atoms with van der Waals surface area (Å²) in [6.45, 7) is 11.0. The molecule has 0 aliphatic carbocycles. The predicted molar refractivity (Wildman–Crippen MR) is 116 cm³/mol. The largest absolute Gasteiger partial charge is 0.370 e. The molecule has 3 aromatic rings. The summed E-state index contributed by atoms with van der Waals surface area (Å²) in [6, 6.07) is 8.43. The number of imidazole rings is 1. The number of pyridine rings is 1. The number of benzene rings is 1. The molecule has 1 aliphatic rings. The lowest BCUT2D eigenvalue weighted by Crippen LogP contribution is -2.44. The first-order chi connectivity index (χ1) is 13.6. The second-order valence-corrected chi connectivity index (χ2v) is 7.92. The third kappa shape index (κ3) is 4.34. The molecular weight excluding hydrogens is 348 g/mol. The zero-order valence-corrected chi connectivity index (χ0v) is 17.1. The highest BCUT2D eigenvalue weighted by molar-refractivity contribution is 5.83. The normalized spacial score (nSPS) is 16.0. The zero-order chi connectivity index (χ0) is 19.5. The minimum absolute atomic E-state index is 0.873. The highest BCUT2D eigenvalue weighted by Crippen LogP contribution is 2.24. The average Bonchev–Trinajstić information content (AvgIpc) is 3.11. The molecular formula is C22H30N6. The van der Waals surface area contributed by atoms with Gasteiger partial charge in [0.2, 0.25) is 0 Å². The van der Waals surface area contributed by atoms with Gasteiger partial charge in [-0.25, -0.2) is 9.97 Å². The molecule has 0 bridgehead atoms. The topological polar surface area (TPSA) is 60.1 Å². The summed E-state index contributed by atoms with van der Waals surface area (Å²) in [4.78, 5) is 17.7. The maximum Gasteiger partial charge on any atom is 0.140 e. The van der Waals surface area contributed by atoms with E-state index < -0.39 is 0 Å². The van der Waals surface area contributed by atoms with Gasteiger partial charge in [0.25, 0.3) is 0 Å². The van der Waals surface area contributed by atoms with Gasteiger partial charge >= 0.3 is 0 Å². The minimum Gasteiger partial charge on any atom is -0.370 e.